The first-order valence-corrected chi connectivity index (χ1v) is 26.8. The summed E-state index contributed by atoms with van der Waals surface area (Å²) in [6.07, 6.45) is 38.1. The third-order valence-corrected chi connectivity index (χ3v) is 13.2. The highest BCUT2D eigenvalue weighted by atomic mass is 16.3. The summed E-state index contributed by atoms with van der Waals surface area (Å²) < 4.78 is 0. The monoisotopic (exact) mass is 855 g/mol. The third kappa shape index (κ3) is 39.3. The highest BCUT2D eigenvalue weighted by Crippen LogP contribution is 2.18. The molecule has 0 saturated heterocycles. The van der Waals surface area contributed by atoms with Crippen LogP contribution in [0.15, 0.2) is 0 Å². The van der Waals surface area contributed by atoms with E-state index < -0.39 is 12.2 Å². The van der Waals surface area contributed by atoms with Gasteiger partial charge in [-0.15, -0.1) is 0 Å². The van der Waals surface area contributed by atoms with Gasteiger partial charge >= 0.3 is 0 Å². The fourth-order valence-corrected chi connectivity index (χ4v) is 8.78. The Labute approximate surface area is 375 Å². The van der Waals surface area contributed by atoms with E-state index in [1.165, 1.54) is 167 Å². The molecule has 8 nitrogen and oxygen atoms in total. The zero-order chi connectivity index (χ0) is 44.3. The van der Waals surface area contributed by atoms with Gasteiger partial charge in [0.05, 0.1) is 24.4 Å². The van der Waals surface area contributed by atoms with Crippen molar-refractivity contribution in [2.45, 2.75) is 265 Å². The van der Waals surface area contributed by atoms with Crippen LogP contribution in [0.25, 0.3) is 0 Å². The third-order valence-electron chi connectivity index (χ3n) is 13.2. The average Bonchev–Trinajstić information content (AvgIpc) is 3.23. The molecule has 0 saturated carbocycles. The van der Waals surface area contributed by atoms with E-state index in [9.17, 15) is 20.4 Å². The molecule has 0 aliphatic carbocycles. The minimum absolute atomic E-state index is 0.233. The van der Waals surface area contributed by atoms with Crippen LogP contribution in [-0.4, -0.2) is 125 Å². The molecule has 5 unspecified atom stereocenters. The number of unbranched alkanes of at least 4 members (excludes halogenated alkanes) is 25. The summed E-state index contributed by atoms with van der Waals surface area (Å²) in [6.45, 7) is 17.9. The van der Waals surface area contributed by atoms with Crippen molar-refractivity contribution >= 4 is 0 Å². The van der Waals surface area contributed by atoms with Gasteiger partial charge in [0.1, 0.15) is 0 Å². The molecule has 6 N–H and O–H groups in total. The largest absolute Gasteiger partial charge is 0.392 e. The molecule has 0 bridgehead atoms. The quantitative estimate of drug-likeness (QED) is 0.0384. The van der Waals surface area contributed by atoms with Crippen LogP contribution in [0.1, 0.15) is 240 Å². The lowest BCUT2D eigenvalue weighted by Gasteiger charge is -2.33. The van der Waals surface area contributed by atoms with Crippen molar-refractivity contribution in [2.75, 3.05) is 65.4 Å². The second kappa shape index (κ2) is 45.3. The summed E-state index contributed by atoms with van der Waals surface area (Å²) >= 11 is 0. The summed E-state index contributed by atoms with van der Waals surface area (Å²) in [5, 5.41) is 44.4. The maximum absolute atomic E-state index is 11.4. The average molecular weight is 855 g/mol. The standard InChI is InChI=1S/C52H110N4O4/c1-6-10-13-16-19-22-24-27-30-33-36-50(58)45-55(44-49(57)9-4)42-40-54(39-38-53)41-43-56(46-51(59)37-34-31-28-25-23-20-17-14-11-7-2)47-52(60)48(5)35-32-29-26-21-18-15-12-8-3/h48-52,57-60H,6-47,53H2,1-5H3. The molecule has 60 heavy (non-hydrogen) atoms. The Balaban J connectivity index is 5.16. The van der Waals surface area contributed by atoms with Gasteiger partial charge in [-0.25, -0.2) is 0 Å². The molecule has 0 aromatic carbocycles. The Morgan fingerprint density at radius 2 is 0.650 bits per heavy atom. The Hall–Kier alpha value is -0.320. The highest BCUT2D eigenvalue weighted by molar-refractivity contribution is 4.76. The number of aliphatic hydroxyl groups excluding tert-OH is 4. The molecule has 8 heteroatoms. The van der Waals surface area contributed by atoms with E-state index >= 15 is 0 Å². The summed E-state index contributed by atoms with van der Waals surface area (Å²) in [5.41, 5.74) is 6.15. The zero-order valence-corrected chi connectivity index (χ0v) is 41.3. The van der Waals surface area contributed by atoms with Crippen LogP contribution in [0.2, 0.25) is 0 Å². The summed E-state index contributed by atoms with van der Waals surface area (Å²) in [6, 6.07) is 0. The minimum Gasteiger partial charge on any atom is -0.392 e. The first kappa shape index (κ1) is 59.7. The predicted molar refractivity (Wildman–Crippen MR) is 262 cm³/mol. The van der Waals surface area contributed by atoms with E-state index in [1.54, 1.807) is 0 Å². The zero-order valence-electron chi connectivity index (χ0n) is 41.3. The molecular weight excluding hydrogens is 745 g/mol. The minimum atomic E-state index is -0.412. The Morgan fingerprint density at radius 1 is 0.350 bits per heavy atom. The number of aliphatic hydroxyl groups is 4. The molecule has 0 heterocycles. The highest BCUT2D eigenvalue weighted by Gasteiger charge is 2.22. The Morgan fingerprint density at radius 3 is 1.00 bits per heavy atom. The van der Waals surface area contributed by atoms with Gasteiger partial charge in [0.2, 0.25) is 0 Å². The number of hydrogen-bond acceptors (Lipinski definition) is 8. The number of hydrogen-bond donors (Lipinski definition) is 5. The first-order valence-electron chi connectivity index (χ1n) is 26.8. The Kier molecular flexibility index (Phi) is 45.0. The van der Waals surface area contributed by atoms with Gasteiger partial charge in [0, 0.05) is 65.4 Å². The number of nitrogens with zero attached hydrogens (tertiary/aromatic N) is 3. The number of nitrogens with two attached hydrogens (primary N) is 1. The van der Waals surface area contributed by atoms with Crippen molar-refractivity contribution in [2.24, 2.45) is 11.7 Å². The van der Waals surface area contributed by atoms with Gasteiger partial charge in [0.25, 0.3) is 0 Å². The van der Waals surface area contributed by atoms with Crippen molar-refractivity contribution < 1.29 is 20.4 Å². The molecule has 0 radical (unpaired) electrons. The molecule has 0 fully saturated rings. The predicted octanol–water partition coefficient (Wildman–Crippen LogP) is 11.5. The second-order valence-corrected chi connectivity index (χ2v) is 19.3. The maximum atomic E-state index is 11.4. The van der Waals surface area contributed by atoms with E-state index in [0.29, 0.717) is 39.1 Å². The maximum Gasteiger partial charge on any atom is 0.0692 e. The van der Waals surface area contributed by atoms with Crippen LogP contribution in [0.4, 0.5) is 0 Å². The molecule has 0 aliphatic heterocycles. The van der Waals surface area contributed by atoms with E-state index in [-0.39, 0.29) is 18.1 Å². The van der Waals surface area contributed by atoms with Crippen LogP contribution in [0.3, 0.4) is 0 Å². The second-order valence-electron chi connectivity index (χ2n) is 19.3. The Bertz CT molecular complexity index is 840. The van der Waals surface area contributed by atoms with Crippen molar-refractivity contribution in [3.05, 3.63) is 0 Å². The van der Waals surface area contributed by atoms with E-state index in [2.05, 4.69) is 42.4 Å². The van der Waals surface area contributed by atoms with Crippen LogP contribution < -0.4 is 5.73 Å². The van der Waals surface area contributed by atoms with Gasteiger partial charge in [0.15, 0.2) is 0 Å². The van der Waals surface area contributed by atoms with Crippen molar-refractivity contribution in [1.82, 2.24) is 14.7 Å². The van der Waals surface area contributed by atoms with Crippen molar-refractivity contribution in [3.8, 4) is 0 Å². The molecule has 0 aromatic heterocycles. The van der Waals surface area contributed by atoms with Gasteiger partial charge in [-0.3, -0.25) is 14.7 Å². The fourth-order valence-electron chi connectivity index (χ4n) is 8.78. The number of rotatable bonds is 49. The lowest BCUT2D eigenvalue weighted by Crippen LogP contribution is -2.47. The van der Waals surface area contributed by atoms with Gasteiger partial charge in [-0.05, 0) is 31.6 Å². The van der Waals surface area contributed by atoms with Crippen molar-refractivity contribution in [3.63, 3.8) is 0 Å². The van der Waals surface area contributed by atoms with Gasteiger partial charge < -0.3 is 26.2 Å². The molecule has 362 valence electrons. The van der Waals surface area contributed by atoms with Crippen molar-refractivity contribution in [1.29, 1.82) is 0 Å². The van der Waals surface area contributed by atoms with Crippen LogP contribution >= 0.6 is 0 Å². The summed E-state index contributed by atoms with van der Waals surface area (Å²) in [4.78, 5) is 6.97. The normalized spacial score (nSPS) is 14.8. The smallest absolute Gasteiger partial charge is 0.0692 e. The molecule has 0 amide bonds. The van der Waals surface area contributed by atoms with E-state index in [1.807, 2.05) is 6.92 Å². The lowest BCUT2D eigenvalue weighted by molar-refractivity contribution is 0.0334. The lowest BCUT2D eigenvalue weighted by atomic mass is 9.96. The molecule has 5 atom stereocenters. The molecule has 0 spiro atoms. The fraction of sp³-hybridized carbons (Fsp3) is 1.00. The first-order chi connectivity index (χ1) is 29.2. The topological polar surface area (TPSA) is 117 Å². The summed E-state index contributed by atoms with van der Waals surface area (Å²) in [5.74, 6) is 0.233. The molecule has 0 aliphatic rings. The van der Waals surface area contributed by atoms with E-state index in [4.69, 9.17) is 5.73 Å². The van der Waals surface area contributed by atoms with Gasteiger partial charge in [-0.2, -0.15) is 0 Å². The SMILES string of the molecule is CCCCCCCCCCCCC(O)CN(CCN(CCN)CCN(CC(O)CCCCCCCCCCCC)CC(O)C(C)CCCCCCCCCC)CC(O)CC. The summed E-state index contributed by atoms with van der Waals surface area (Å²) in [7, 11) is 0. The molecule has 0 aromatic rings. The van der Waals surface area contributed by atoms with E-state index in [0.717, 1.165) is 64.8 Å². The van der Waals surface area contributed by atoms with Crippen LogP contribution in [0.5, 0.6) is 0 Å². The molecule has 0 rings (SSSR count). The molecular formula is C52H110N4O4. The van der Waals surface area contributed by atoms with Crippen LogP contribution in [-0.2, 0) is 0 Å². The van der Waals surface area contributed by atoms with Crippen LogP contribution in [0, 0.1) is 5.92 Å². The van der Waals surface area contributed by atoms with Gasteiger partial charge in [-0.1, -0.05) is 214 Å².